The third-order valence-corrected chi connectivity index (χ3v) is 1.20. The molecule has 0 saturated heterocycles. The summed E-state index contributed by atoms with van der Waals surface area (Å²) in [6.07, 6.45) is 4.06. The molecule has 0 unspecified atom stereocenters. The summed E-state index contributed by atoms with van der Waals surface area (Å²) < 4.78 is 4.22. The Bertz CT molecular complexity index is 372. The van der Waals surface area contributed by atoms with E-state index in [0.717, 1.165) is 0 Å². The molecule has 0 radical (unpaired) electrons. The minimum Gasteiger partial charge on any atom is -0.359 e. The molecule has 7 heteroatoms. The van der Waals surface area contributed by atoms with Crippen molar-refractivity contribution in [1.29, 1.82) is 0 Å². The maximum absolute atomic E-state index is 10.8. The van der Waals surface area contributed by atoms with Crippen LogP contribution in [0.25, 0.3) is 11.5 Å². The van der Waals surface area contributed by atoms with Crippen LogP contribution in [0.4, 0.5) is 0 Å². The first kappa shape index (κ1) is 6.65. The van der Waals surface area contributed by atoms with Gasteiger partial charge < -0.3 is 5.21 Å². The lowest BCUT2D eigenvalue weighted by Crippen LogP contribution is -2.25. The summed E-state index contributed by atoms with van der Waals surface area (Å²) in [7, 11) is 0. The van der Waals surface area contributed by atoms with Gasteiger partial charge in [-0.15, -0.1) is 5.10 Å². The smallest absolute Gasteiger partial charge is 0.264 e. The number of hydrogen-bond acceptors (Lipinski definition) is 6. The maximum Gasteiger partial charge on any atom is 0.264 e. The molecule has 7 nitrogen and oxygen atoms in total. The van der Waals surface area contributed by atoms with Gasteiger partial charge in [-0.2, -0.15) is 5.10 Å². The van der Waals surface area contributed by atoms with Gasteiger partial charge in [0.2, 0.25) is 12.0 Å². The van der Waals surface area contributed by atoms with Crippen molar-refractivity contribution in [2.24, 2.45) is 0 Å². The zero-order chi connectivity index (χ0) is 8.39. The standard InChI is InChI=1S/C5H3N5O2/c11-10-4(3-8-12-10)5-6-1-2-7-9-5/h1-3H. The van der Waals surface area contributed by atoms with Crippen molar-refractivity contribution in [1.82, 2.24) is 20.3 Å². The van der Waals surface area contributed by atoms with Gasteiger partial charge in [0.15, 0.2) is 0 Å². The topological polar surface area (TPSA) is 91.6 Å². The van der Waals surface area contributed by atoms with Crippen molar-refractivity contribution < 1.29 is 9.53 Å². The molecule has 0 saturated carbocycles. The van der Waals surface area contributed by atoms with E-state index in [0.29, 0.717) is 0 Å². The van der Waals surface area contributed by atoms with Gasteiger partial charge in [-0.3, -0.25) is 4.63 Å². The van der Waals surface area contributed by atoms with Crippen LogP contribution in [-0.4, -0.2) is 20.3 Å². The molecule has 0 amide bonds. The zero-order valence-corrected chi connectivity index (χ0v) is 5.78. The molecule has 60 valence electrons. The Kier molecular flexibility index (Phi) is 1.40. The maximum atomic E-state index is 10.8. The van der Waals surface area contributed by atoms with Crippen molar-refractivity contribution in [3.8, 4) is 11.5 Å². The second-order valence-corrected chi connectivity index (χ2v) is 1.92. The van der Waals surface area contributed by atoms with Crippen LogP contribution in [0.3, 0.4) is 0 Å². The number of nitrogens with zero attached hydrogens (tertiary/aromatic N) is 5. The molecule has 0 aliphatic rings. The summed E-state index contributed by atoms with van der Waals surface area (Å²) in [4.78, 5) is 4.01. The highest BCUT2D eigenvalue weighted by molar-refractivity contribution is 5.40. The third-order valence-electron chi connectivity index (χ3n) is 1.20. The molecule has 0 atom stereocenters. The van der Waals surface area contributed by atoms with Crippen LogP contribution in [0.2, 0.25) is 0 Å². The Morgan fingerprint density at radius 2 is 2.33 bits per heavy atom. The predicted octanol–water partition coefficient (Wildman–Crippen LogP) is -0.840. The van der Waals surface area contributed by atoms with Crippen LogP contribution < -0.4 is 4.90 Å². The molecule has 2 rings (SSSR count). The average molecular weight is 165 g/mol. The second kappa shape index (κ2) is 2.53. The normalized spacial score (nSPS) is 10.0. The molecule has 2 aromatic heterocycles. The fourth-order valence-electron chi connectivity index (χ4n) is 0.712. The molecule has 0 spiro atoms. The van der Waals surface area contributed by atoms with E-state index in [-0.39, 0.29) is 16.4 Å². The van der Waals surface area contributed by atoms with E-state index < -0.39 is 0 Å². The fourth-order valence-corrected chi connectivity index (χ4v) is 0.712. The number of rotatable bonds is 1. The van der Waals surface area contributed by atoms with Crippen LogP contribution in [0.5, 0.6) is 0 Å². The van der Waals surface area contributed by atoms with Crippen LogP contribution in [-0.2, 0) is 0 Å². The fraction of sp³-hybridized carbons (Fsp3) is 0. The third kappa shape index (κ3) is 0.965. The minimum absolute atomic E-state index is 0.142. The highest BCUT2D eigenvalue weighted by Crippen LogP contribution is 2.03. The Balaban J connectivity index is 2.51. The van der Waals surface area contributed by atoms with E-state index in [1.807, 2.05) is 0 Å². The first-order chi connectivity index (χ1) is 5.88. The van der Waals surface area contributed by atoms with Gasteiger partial charge in [0.25, 0.3) is 5.69 Å². The van der Waals surface area contributed by atoms with Crippen molar-refractivity contribution >= 4 is 0 Å². The summed E-state index contributed by atoms with van der Waals surface area (Å²) in [5.41, 5.74) is 0.142. The monoisotopic (exact) mass is 165 g/mol. The molecule has 0 aromatic carbocycles. The number of hydrogen-bond donors (Lipinski definition) is 0. The Labute approximate surface area is 66.2 Å². The summed E-state index contributed by atoms with van der Waals surface area (Å²) in [6, 6.07) is 0. The lowest BCUT2D eigenvalue weighted by atomic mass is 10.4. The van der Waals surface area contributed by atoms with Gasteiger partial charge >= 0.3 is 0 Å². The molecule has 2 heterocycles. The van der Waals surface area contributed by atoms with Crippen molar-refractivity contribution in [2.75, 3.05) is 0 Å². The molecule has 2 aromatic rings. The summed E-state index contributed by atoms with van der Waals surface area (Å²) in [6.45, 7) is 0. The minimum atomic E-state index is 0.142. The van der Waals surface area contributed by atoms with Crippen molar-refractivity contribution in [3.05, 3.63) is 23.8 Å². The molecule has 0 bridgehead atoms. The van der Waals surface area contributed by atoms with Crippen LogP contribution in [0.15, 0.2) is 23.2 Å². The van der Waals surface area contributed by atoms with Gasteiger partial charge in [0, 0.05) is 11.4 Å². The van der Waals surface area contributed by atoms with Crippen LogP contribution in [0.1, 0.15) is 0 Å². The molecule has 0 aliphatic carbocycles. The zero-order valence-electron chi connectivity index (χ0n) is 5.78. The van der Waals surface area contributed by atoms with Gasteiger partial charge in [0.05, 0.1) is 6.20 Å². The lowest BCUT2D eigenvalue weighted by Gasteiger charge is -1.90. The molecule has 0 aliphatic heterocycles. The second-order valence-electron chi connectivity index (χ2n) is 1.92. The Morgan fingerprint density at radius 1 is 1.42 bits per heavy atom. The van der Waals surface area contributed by atoms with E-state index in [1.54, 1.807) is 0 Å². The van der Waals surface area contributed by atoms with Gasteiger partial charge in [-0.05, 0) is 4.90 Å². The van der Waals surface area contributed by atoms with E-state index in [1.165, 1.54) is 18.6 Å². The van der Waals surface area contributed by atoms with Crippen molar-refractivity contribution in [3.63, 3.8) is 0 Å². The molecular weight excluding hydrogens is 162 g/mol. The summed E-state index contributed by atoms with van der Waals surface area (Å²) in [5, 5.41) is 21.2. The quantitative estimate of drug-likeness (QED) is 0.511. The van der Waals surface area contributed by atoms with Gasteiger partial charge in [0.1, 0.15) is 0 Å². The van der Waals surface area contributed by atoms with Crippen LogP contribution in [0, 0.1) is 5.21 Å². The largest absolute Gasteiger partial charge is 0.359 e. The first-order valence-electron chi connectivity index (χ1n) is 3.07. The van der Waals surface area contributed by atoms with Crippen LogP contribution >= 0.6 is 0 Å². The lowest BCUT2D eigenvalue weighted by molar-refractivity contribution is -0.793. The van der Waals surface area contributed by atoms with Crippen molar-refractivity contribution in [2.45, 2.75) is 0 Å². The highest BCUT2D eigenvalue weighted by atomic mass is 16.8. The molecule has 0 N–H and O–H groups in total. The Hall–Kier alpha value is -2.05. The van der Waals surface area contributed by atoms with Gasteiger partial charge in [-0.1, -0.05) is 0 Å². The highest BCUT2D eigenvalue weighted by Gasteiger charge is 2.12. The molecule has 12 heavy (non-hydrogen) atoms. The van der Waals surface area contributed by atoms with Gasteiger partial charge in [-0.25, -0.2) is 4.98 Å². The first-order valence-corrected chi connectivity index (χ1v) is 3.07. The van der Waals surface area contributed by atoms with E-state index >= 15 is 0 Å². The average Bonchev–Trinajstić information content (AvgIpc) is 2.53. The van der Waals surface area contributed by atoms with E-state index in [9.17, 15) is 5.21 Å². The summed E-state index contributed by atoms with van der Waals surface area (Å²) in [5.74, 6) is 0.189. The SMILES string of the molecule is [O-][n+]1oncc1-c1nccnn1. The predicted molar refractivity (Wildman–Crippen MR) is 34.3 cm³/mol. The summed E-state index contributed by atoms with van der Waals surface area (Å²) >= 11 is 0. The van der Waals surface area contributed by atoms with E-state index in [2.05, 4.69) is 25.0 Å². The van der Waals surface area contributed by atoms with E-state index in [4.69, 9.17) is 0 Å². The Morgan fingerprint density at radius 3 is 2.92 bits per heavy atom. The number of aromatic nitrogens is 5. The molecular formula is C5H3N5O2. The molecule has 0 fully saturated rings.